The third-order valence-electron chi connectivity index (χ3n) is 2.97. The molecule has 0 fully saturated rings. The third-order valence-corrected chi connectivity index (χ3v) is 2.97. The molecule has 0 saturated heterocycles. The molecule has 0 aliphatic carbocycles. The van der Waals surface area contributed by atoms with Crippen LogP contribution in [0.15, 0.2) is 48.5 Å². The Labute approximate surface area is 119 Å². The minimum Gasteiger partial charge on any atom is -0.493 e. The van der Waals surface area contributed by atoms with Crippen molar-refractivity contribution in [3.63, 3.8) is 0 Å². The van der Waals surface area contributed by atoms with Crippen molar-refractivity contribution in [1.82, 2.24) is 0 Å². The average Bonchev–Trinajstić information content (AvgIpc) is 2.52. The number of hydrogen-bond donors (Lipinski definition) is 1. The van der Waals surface area contributed by atoms with Gasteiger partial charge in [-0.25, -0.2) is 5.90 Å². The molecule has 4 nitrogen and oxygen atoms in total. The first kappa shape index (κ1) is 14.4. The van der Waals surface area contributed by atoms with Crippen molar-refractivity contribution in [2.45, 2.75) is 13.0 Å². The first-order valence-electron chi connectivity index (χ1n) is 6.49. The van der Waals surface area contributed by atoms with Crippen molar-refractivity contribution in [2.24, 2.45) is 5.90 Å². The lowest BCUT2D eigenvalue weighted by molar-refractivity contribution is 0.141. The Balaban J connectivity index is 2.03. The van der Waals surface area contributed by atoms with Crippen LogP contribution in [0.3, 0.4) is 0 Å². The second kappa shape index (κ2) is 7.53. The summed E-state index contributed by atoms with van der Waals surface area (Å²) in [7, 11) is 1.63. The van der Waals surface area contributed by atoms with Crippen molar-refractivity contribution in [3.8, 4) is 11.5 Å². The van der Waals surface area contributed by atoms with Gasteiger partial charge in [0.1, 0.15) is 6.61 Å². The van der Waals surface area contributed by atoms with Crippen LogP contribution in [0.2, 0.25) is 0 Å². The SMILES string of the molecule is COc1cc(CCON)ccc1OCc1ccccc1. The number of ether oxygens (including phenoxy) is 2. The zero-order valence-electron chi connectivity index (χ0n) is 11.5. The van der Waals surface area contributed by atoms with Crippen molar-refractivity contribution >= 4 is 0 Å². The number of methoxy groups -OCH3 is 1. The Hall–Kier alpha value is -2.04. The monoisotopic (exact) mass is 273 g/mol. The lowest BCUT2D eigenvalue weighted by atomic mass is 10.1. The Morgan fingerprint density at radius 2 is 1.75 bits per heavy atom. The standard InChI is InChI=1S/C16H19NO3/c1-18-16-11-13(9-10-20-17)7-8-15(16)19-12-14-5-3-2-4-6-14/h2-8,11H,9-10,12,17H2,1H3. The highest BCUT2D eigenvalue weighted by Crippen LogP contribution is 2.29. The number of rotatable bonds is 7. The zero-order valence-corrected chi connectivity index (χ0v) is 11.5. The fourth-order valence-electron chi connectivity index (χ4n) is 1.90. The molecule has 0 unspecified atom stereocenters. The molecule has 2 aromatic rings. The maximum Gasteiger partial charge on any atom is 0.161 e. The summed E-state index contributed by atoms with van der Waals surface area (Å²) in [6, 6.07) is 15.9. The molecule has 106 valence electrons. The van der Waals surface area contributed by atoms with Crippen molar-refractivity contribution in [3.05, 3.63) is 59.7 Å². The lowest BCUT2D eigenvalue weighted by Gasteiger charge is -2.12. The summed E-state index contributed by atoms with van der Waals surface area (Å²) >= 11 is 0. The topological polar surface area (TPSA) is 53.7 Å². The third kappa shape index (κ3) is 3.98. The molecule has 0 heterocycles. The van der Waals surface area contributed by atoms with Crippen molar-refractivity contribution in [1.29, 1.82) is 0 Å². The van der Waals surface area contributed by atoms with E-state index in [0.717, 1.165) is 29.0 Å². The molecule has 0 spiro atoms. The molecule has 0 aromatic heterocycles. The summed E-state index contributed by atoms with van der Waals surface area (Å²) in [6.07, 6.45) is 0.742. The van der Waals surface area contributed by atoms with Crippen LogP contribution < -0.4 is 15.4 Å². The van der Waals surface area contributed by atoms with Gasteiger partial charge in [-0.3, -0.25) is 0 Å². The first-order valence-corrected chi connectivity index (χ1v) is 6.49. The van der Waals surface area contributed by atoms with E-state index in [9.17, 15) is 0 Å². The molecular weight excluding hydrogens is 254 g/mol. The summed E-state index contributed by atoms with van der Waals surface area (Å²) in [6.45, 7) is 0.996. The highest BCUT2D eigenvalue weighted by molar-refractivity contribution is 5.43. The minimum absolute atomic E-state index is 0.480. The van der Waals surface area contributed by atoms with E-state index in [2.05, 4.69) is 4.84 Å². The predicted molar refractivity (Wildman–Crippen MR) is 77.6 cm³/mol. The second-order valence-corrected chi connectivity index (χ2v) is 4.38. The van der Waals surface area contributed by atoms with Gasteiger partial charge in [0.05, 0.1) is 13.7 Å². The number of benzene rings is 2. The Bertz CT molecular complexity index is 529. The lowest BCUT2D eigenvalue weighted by Crippen LogP contribution is -2.04. The van der Waals surface area contributed by atoms with Crippen LogP contribution in [-0.2, 0) is 17.9 Å². The molecule has 0 bridgehead atoms. The Morgan fingerprint density at radius 3 is 2.45 bits per heavy atom. The van der Waals surface area contributed by atoms with Gasteiger partial charge in [0, 0.05) is 0 Å². The van der Waals surface area contributed by atoms with Crippen LogP contribution >= 0.6 is 0 Å². The van der Waals surface area contributed by atoms with Gasteiger partial charge in [-0.15, -0.1) is 0 Å². The van der Waals surface area contributed by atoms with E-state index >= 15 is 0 Å². The smallest absolute Gasteiger partial charge is 0.161 e. The van der Waals surface area contributed by atoms with Gasteiger partial charge < -0.3 is 14.3 Å². The molecule has 0 aliphatic rings. The van der Waals surface area contributed by atoms with E-state index in [1.807, 2.05) is 48.5 Å². The molecule has 4 heteroatoms. The average molecular weight is 273 g/mol. The molecule has 0 aliphatic heterocycles. The van der Waals surface area contributed by atoms with Crippen LogP contribution in [0.4, 0.5) is 0 Å². The van der Waals surface area contributed by atoms with Gasteiger partial charge in [0.2, 0.25) is 0 Å². The summed E-state index contributed by atoms with van der Waals surface area (Å²) in [5, 5.41) is 0. The highest BCUT2D eigenvalue weighted by atomic mass is 16.6. The van der Waals surface area contributed by atoms with E-state index in [4.69, 9.17) is 15.4 Å². The quantitative estimate of drug-likeness (QED) is 0.788. The van der Waals surface area contributed by atoms with Gasteiger partial charge >= 0.3 is 0 Å². The van der Waals surface area contributed by atoms with Crippen LogP contribution in [0.1, 0.15) is 11.1 Å². The van der Waals surface area contributed by atoms with Gasteiger partial charge in [0.15, 0.2) is 11.5 Å². The normalized spacial score (nSPS) is 10.3. The Morgan fingerprint density at radius 1 is 0.950 bits per heavy atom. The summed E-state index contributed by atoms with van der Waals surface area (Å²) in [5.41, 5.74) is 2.22. The van der Waals surface area contributed by atoms with E-state index in [-0.39, 0.29) is 0 Å². The zero-order chi connectivity index (χ0) is 14.2. The second-order valence-electron chi connectivity index (χ2n) is 4.38. The number of hydrogen-bond acceptors (Lipinski definition) is 4. The minimum atomic E-state index is 0.480. The molecule has 0 saturated carbocycles. The fourth-order valence-corrected chi connectivity index (χ4v) is 1.90. The highest BCUT2D eigenvalue weighted by Gasteiger charge is 2.06. The van der Waals surface area contributed by atoms with Gasteiger partial charge in [-0.2, -0.15) is 0 Å². The van der Waals surface area contributed by atoms with Crippen LogP contribution in [0.5, 0.6) is 11.5 Å². The maximum atomic E-state index is 5.79. The molecule has 0 radical (unpaired) electrons. The maximum absolute atomic E-state index is 5.79. The molecular formula is C16H19NO3. The predicted octanol–water partition coefficient (Wildman–Crippen LogP) is 2.71. The Kier molecular flexibility index (Phi) is 5.41. The van der Waals surface area contributed by atoms with Crippen LogP contribution in [-0.4, -0.2) is 13.7 Å². The van der Waals surface area contributed by atoms with Crippen molar-refractivity contribution < 1.29 is 14.3 Å². The van der Waals surface area contributed by atoms with E-state index in [0.29, 0.717) is 13.2 Å². The number of nitrogens with two attached hydrogens (primary N) is 1. The molecule has 2 N–H and O–H groups in total. The largest absolute Gasteiger partial charge is 0.493 e. The van der Waals surface area contributed by atoms with Gasteiger partial charge in [-0.1, -0.05) is 36.4 Å². The van der Waals surface area contributed by atoms with Crippen LogP contribution in [0, 0.1) is 0 Å². The van der Waals surface area contributed by atoms with Crippen LogP contribution in [0.25, 0.3) is 0 Å². The molecule has 0 atom stereocenters. The van der Waals surface area contributed by atoms with E-state index < -0.39 is 0 Å². The summed E-state index contributed by atoms with van der Waals surface area (Å²) < 4.78 is 11.1. The van der Waals surface area contributed by atoms with E-state index in [1.165, 1.54) is 0 Å². The molecule has 0 amide bonds. The van der Waals surface area contributed by atoms with Crippen molar-refractivity contribution in [2.75, 3.05) is 13.7 Å². The molecule has 20 heavy (non-hydrogen) atoms. The molecule has 2 rings (SSSR count). The summed E-state index contributed by atoms with van der Waals surface area (Å²) in [5.74, 6) is 6.48. The van der Waals surface area contributed by atoms with Gasteiger partial charge in [-0.05, 0) is 29.7 Å². The summed E-state index contributed by atoms with van der Waals surface area (Å²) in [4.78, 5) is 4.58. The first-order chi connectivity index (χ1) is 9.83. The fraction of sp³-hybridized carbons (Fsp3) is 0.250. The van der Waals surface area contributed by atoms with E-state index in [1.54, 1.807) is 7.11 Å². The molecule has 2 aromatic carbocycles. The van der Waals surface area contributed by atoms with Gasteiger partial charge in [0.25, 0.3) is 0 Å².